The standard InChI is InChI=1S/C27H35NO3/c1-21(23-11-5-2-6-12-23)28-18-17-22(19-28)20-31-26(29)27(30,24-13-7-3-8-14-24)25-15-9-4-10-16-25/h2-3,5-8,11-14,21-22,25,30H,4,9-10,15-20H2,1H3/t21-,22?,27?/m1/s1. The number of rotatable bonds is 7. The van der Waals surface area contributed by atoms with E-state index in [0.717, 1.165) is 45.2 Å². The van der Waals surface area contributed by atoms with Crippen molar-refractivity contribution in [1.29, 1.82) is 0 Å². The molecular weight excluding hydrogens is 386 g/mol. The van der Waals surface area contributed by atoms with Gasteiger partial charge < -0.3 is 9.84 Å². The van der Waals surface area contributed by atoms with Gasteiger partial charge in [0.25, 0.3) is 0 Å². The Morgan fingerprint density at radius 3 is 2.35 bits per heavy atom. The van der Waals surface area contributed by atoms with Crippen molar-refractivity contribution < 1.29 is 14.6 Å². The normalized spacial score (nSPS) is 23.2. The van der Waals surface area contributed by atoms with E-state index < -0.39 is 11.6 Å². The molecular formula is C27H35NO3. The van der Waals surface area contributed by atoms with Crippen LogP contribution in [0, 0.1) is 11.8 Å². The Bertz CT molecular complexity index is 834. The van der Waals surface area contributed by atoms with Crippen LogP contribution in [0.25, 0.3) is 0 Å². The Hall–Kier alpha value is -2.17. The molecule has 0 amide bonds. The number of hydrogen-bond donors (Lipinski definition) is 1. The summed E-state index contributed by atoms with van der Waals surface area (Å²) in [6.45, 7) is 4.53. The average Bonchev–Trinajstić information content (AvgIpc) is 3.32. The lowest BCUT2D eigenvalue weighted by Gasteiger charge is -2.37. The summed E-state index contributed by atoms with van der Waals surface area (Å²) in [5, 5.41) is 11.7. The predicted octanol–water partition coefficient (Wildman–Crippen LogP) is 5.08. The Balaban J connectivity index is 1.39. The summed E-state index contributed by atoms with van der Waals surface area (Å²) >= 11 is 0. The molecule has 2 aromatic rings. The molecule has 1 aliphatic heterocycles. The van der Waals surface area contributed by atoms with Crippen molar-refractivity contribution in [2.45, 2.75) is 57.1 Å². The molecule has 1 heterocycles. The Labute approximate surface area is 186 Å². The number of nitrogens with zero attached hydrogens (tertiary/aromatic N) is 1. The molecule has 1 aliphatic carbocycles. The molecule has 1 saturated heterocycles. The number of likely N-dealkylation sites (tertiary alicyclic amines) is 1. The van der Waals surface area contributed by atoms with Gasteiger partial charge in [0.1, 0.15) is 0 Å². The number of benzene rings is 2. The topological polar surface area (TPSA) is 49.8 Å². The van der Waals surface area contributed by atoms with Gasteiger partial charge in [0.05, 0.1) is 6.61 Å². The molecule has 0 radical (unpaired) electrons. The molecule has 4 rings (SSSR count). The first-order valence-corrected chi connectivity index (χ1v) is 11.8. The summed E-state index contributed by atoms with van der Waals surface area (Å²) in [7, 11) is 0. The van der Waals surface area contributed by atoms with Gasteiger partial charge in [-0.1, -0.05) is 79.9 Å². The van der Waals surface area contributed by atoms with Gasteiger partial charge in [-0.25, -0.2) is 4.79 Å². The second-order valence-corrected chi connectivity index (χ2v) is 9.30. The Morgan fingerprint density at radius 1 is 1.03 bits per heavy atom. The summed E-state index contributed by atoms with van der Waals surface area (Å²) in [4.78, 5) is 15.7. The van der Waals surface area contributed by atoms with E-state index in [-0.39, 0.29) is 5.92 Å². The van der Waals surface area contributed by atoms with Gasteiger partial charge in [0, 0.05) is 24.4 Å². The Kier molecular flexibility index (Phi) is 7.09. The smallest absolute Gasteiger partial charge is 0.343 e. The first-order valence-electron chi connectivity index (χ1n) is 11.8. The molecule has 0 aromatic heterocycles. The largest absolute Gasteiger partial charge is 0.463 e. The van der Waals surface area contributed by atoms with Crippen LogP contribution >= 0.6 is 0 Å². The maximum absolute atomic E-state index is 13.3. The molecule has 0 bridgehead atoms. The highest BCUT2D eigenvalue weighted by molar-refractivity contribution is 5.81. The van der Waals surface area contributed by atoms with Crippen molar-refractivity contribution >= 4 is 5.97 Å². The quantitative estimate of drug-likeness (QED) is 0.634. The van der Waals surface area contributed by atoms with Crippen molar-refractivity contribution in [3.05, 3.63) is 71.8 Å². The minimum absolute atomic E-state index is 0.0747. The fourth-order valence-electron chi connectivity index (χ4n) is 5.33. The van der Waals surface area contributed by atoms with Crippen molar-refractivity contribution in [2.75, 3.05) is 19.7 Å². The summed E-state index contributed by atoms with van der Waals surface area (Å²) in [6.07, 6.45) is 6.04. The maximum Gasteiger partial charge on any atom is 0.343 e. The van der Waals surface area contributed by atoms with E-state index in [1.165, 1.54) is 12.0 Å². The number of aliphatic hydroxyl groups is 1. The zero-order valence-electron chi connectivity index (χ0n) is 18.6. The lowest BCUT2D eigenvalue weighted by atomic mass is 9.73. The second-order valence-electron chi connectivity index (χ2n) is 9.30. The van der Waals surface area contributed by atoms with E-state index in [9.17, 15) is 9.90 Å². The Morgan fingerprint density at radius 2 is 1.68 bits per heavy atom. The number of carbonyl (C=O) groups excluding carboxylic acids is 1. The molecule has 0 spiro atoms. The molecule has 31 heavy (non-hydrogen) atoms. The van der Waals surface area contributed by atoms with Crippen molar-refractivity contribution in [2.24, 2.45) is 11.8 Å². The van der Waals surface area contributed by atoms with Crippen LogP contribution in [0.5, 0.6) is 0 Å². The first kappa shape index (κ1) is 22.0. The number of hydrogen-bond acceptors (Lipinski definition) is 4. The molecule has 2 aromatic carbocycles. The minimum atomic E-state index is -1.54. The summed E-state index contributed by atoms with van der Waals surface area (Å²) < 4.78 is 5.82. The van der Waals surface area contributed by atoms with Gasteiger partial charge >= 0.3 is 5.97 Å². The third-order valence-corrected chi connectivity index (χ3v) is 7.32. The van der Waals surface area contributed by atoms with Crippen molar-refractivity contribution in [3.8, 4) is 0 Å². The van der Waals surface area contributed by atoms with Gasteiger partial charge in [-0.15, -0.1) is 0 Å². The monoisotopic (exact) mass is 421 g/mol. The fraction of sp³-hybridized carbons (Fsp3) is 0.519. The summed E-state index contributed by atoms with van der Waals surface area (Å²) in [6, 6.07) is 20.3. The van der Waals surface area contributed by atoms with E-state index in [2.05, 4.69) is 36.1 Å². The van der Waals surface area contributed by atoms with E-state index >= 15 is 0 Å². The molecule has 4 heteroatoms. The van der Waals surface area contributed by atoms with Crippen molar-refractivity contribution in [1.82, 2.24) is 4.90 Å². The SMILES string of the molecule is C[C@H](c1ccccc1)N1CCC(COC(=O)C(O)(c2ccccc2)C2CCCCC2)C1. The summed E-state index contributed by atoms with van der Waals surface area (Å²) in [5.74, 6) is -0.240. The van der Waals surface area contributed by atoms with E-state index in [4.69, 9.17) is 4.74 Å². The van der Waals surface area contributed by atoms with Crippen LogP contribution in [0.1, 0.15) is 62.6 Å². The van der Waals surface area contributed by atoms with Crippen LogP contribution < -0.4 is 0 Å². The second kappa shape index (κ2) is 9.97. The zero-order valence-corrected chi connectivity index (χ0v) is 18.6. The lowest BCUT2D eigenvalue weighted by molar-refractivity contribution is -0.177. The number of ether oxygens (including phenoxy) is 1. The highest BCUT2D eigenvalue weighted by atomic mass is 16.5. The highest BCUT2D eigenvalue weighted by Crippen LogP contribution is 2.40. The van der Waals surface area contributed by atoms with Crippen LogP contribution in [0.3, 0.4) is 0 Å². The molecule has 4 nitrogen and oxygen atoms in total. The van der Waals surface area contributed by atoms with E-state index in [0.29, 0.717) is 24.1 Å². The third kappa shape index (κ3) is 4.86. The van der Waals surface area contributed by atoms with Gasteiger partial charge in [0.15, 0.2) is 5.60 Å². The van der Waals surface area contributed by atoms with E-state index in [1.807, 2.05) is 36.4 Å². The maximum atomic E-state index is 13.3. The molecule has 2 unspecified atom stereocenters. The molecule has 2 fully saturated rings. The van der Waals surface area contributed by atoms with Crippen molar-refractivity contribution in [3.63, 3.8) is 0 Å². The van der Waals surface area contributed by atoms with Crippen LogP contribution in [-0.2, 0) is 15.1 Å². The highest BCUT2D eigenvalue weighted by Gasteiger charge is 2.47. The molecule has 2 aliphatic rings. The molecule has 1 N–H and O–H groups in total. The third-order valence-electron chi connectivity index (χ3n) is 7.32. The lowest BCUT2D eigenvalue weighted by Crippen LogP contribution is -2.45. The molecule has 166 valence electrons. The summed E-state index contributed by atoms with van der Waals surface area (Å²) in [5.41, 5.74) is 0.436. The molecule has 3 atom stereocenters. The average molecular weight is 422 g/mol. The first-order chi connectivity index (χ1) is 15.1. The minimum Gasteiger partial charge on any atom is -0.463 e. The van der Waals surface area contributed by atoms with Gasteiger partial charge in [-0.05, 0) is 43.9 Å². The fourth-order valence-corrected chi connectivity index (χ4v) is 5.33. The van der Waals surface area contributed by atoms with Gasteiger partial charge in [0.2, 0.25) is 0 Å². The van der Waals surface area contributed by atoms with Crippen LogP contribution in [0.15, 0.2) is 60.7 Å². The number of carbonyl (C=O) groups is 1. The van der Waals surface area contributed by atoms with Crippen LogP contribution in [0.2, 0.25) is 0 Å². The van der Waals surface area contributed by atoms with Crippen LogP contribution in [0.4, 0.5) is 0 Å². The van der Waals surface area contributed by atoms with Crippen LogP contribution in [-0.4, -0.2) is 35.7 Å². The zero-order chi connectivity index (χ0) is 21.7. The molecule has 1 saturated carbocycles. The van der Waals surface area contributed by atoms with Gasteiger partial charge in [-0.3, -0.25) is 4.90 Å². The van der Waals surface area contributed by atoms with Gasteiger partial charge in [-0.2, -0.15) is 0 Å². The van der Waals surface area contributed by atoms with E-state index in [1.54, 1.807) is 0 Å². The number of esters is 1. The predicted molar refractivity (Wildman–Crippen MR) is 122 cm³/mol.